The summed E-state index contributed by atoms with van der Waals surface area (Å²) in [6, 6.07) is 6.60. The van der Waals surface area contributed by atoms with E-state index in [2.05, 4.69) is 100.0 Å². The molecular weight excluding hydrogens is 571 g/mol. The van der Waals surface area contributed by atoms with Crippen LogP contribution in [0.4, 0.5) is 4.39 Å². The van der Waals surface area contributed by atoms with Crippen LogP contribution >= 0.6 is 0 Å². The van der Waals surface area contributed by atoms with Crippen LogP contribution in [0.15, 0.2) is 59.0 Å². The van der Waals surface area contributed by atoms with E-state index in [9.17, 15) is 4.39 Å². The summed E-state index contributed by atoms with van der Waals surface area (Å²) in [6.07, 6.45) is 19.2. The molecule has 0 saturated carbocycles. The standard InChI is InChI=1S/C26H34N4.C6H13F.C4H10.C2H4O.C2H6/c1-6-7-26(23-9-8-22(14-19(2)3)20(4)15-23)27-12-10-21(5)30-13-11-24(18-30)25-16-28-29-17-25;1-4-6(3,7)5-2;1-3-4-2;1-2-3;1-2/h7-10,12,14-17,24H,6,11,13,18H2,1-5H3,(H,28,29);4-5H2,1-3H3;3-4H2,1-2H3;2H,1H3;1-2H3/b21-10+,26-7+,27-12+;;;;. The van der Waals surface area contributed by atoms with Crippen molar-refractivity contribution < 1.29 is 9.18 Å². The third kappa shape index (κ3) is 19.3. The molecule has 1 aliphatic heterocycles. The number of aromatic nitrogens is 2. The second-order valence-corrected chi connectivity index (χ2v) is 11.7. The number of nitrogens with zero attached hydrogens (tertiary/aromatic N) is 3. The number of aryl methyl sites for hydroxylation is 1. The second-order valence-electron chi connectivity index (χ2n) is 11.7. The fourth-order valence-corrected chi connectivity index (χ4v) is 4.16. The van der Waals surface area contributed by atoms with Crippen LogP contribution in [0.5, 0.6) is 0 Å². The minimum absolute atomic E-state index is 0.557. The average Bonchev–Trinajstić information content (AvgIpc) is 3.76. The number of halogens is 1. The van der Waals surface area contributed by atoms with Crippen molar-refractivity contribution >= 4 is 24.3 Å². The number of unbranched alkanes of at least 4 members (excludes halogenated alkanes) is 1. The quantitative estimate of drug-likeness (QED) is 0.208. The van der Waals surface area contributed by atoms with E-state index in [0.29, 0.717) is 18.8 Å². The average molecular weight is 639 g/mol. The molecule has 6 heteroatoms. The smallest absolute Gasteiger partial charge is 0.116 e. The van der Waals surface area contributed by atoms with Crippen molar-refractivity contribution in [2.45, 2.75) is 140 Å². The lowest BCUT2D eigenvalue weighted by Gasteiger charge is -2.18. The van der Waals surface area contributed by atoms with Crippen molar-refractivity contribution in [2.75, 3.05) is 13.1 Å². The van der Waals surface area contributed by atoms with Crippen LogP contribution in [0.1, 0.15) is 150 Å². The maximum atomic E-state index is 12.5. The second kappa shape index (κ2) is 26.9. The number of nitrogens with one attached hydrogen (secondary N) is 1. The normalized spacial score (nSPS) is 14.5. The largest absolute Gasteiger partial charge is 0.374 e. The van der Waals surface area contributed by atoms with Crippen LogP contribution in [0.3, 0.4) is 0 Å². The number of carbonyl (C=O) groups excluding carboxylic acids is 1. The van der Waals surface area contributed by atoms with E-state index in [1.807, 2.05) is 46.3 Å². The summed E-state index contributed by atoms with van der Waals surface area (Å²) < 4.78 is 12.5. The van der Waals surface area contributed by atoms with Gasteiger partial charge < -0.3 is 9.69 Å². The molecule has 46 heavy (non-hydrogen) atoms. The summed E-state index contributed by atoms with van der Waals surface area (Å²) in [5.74, 6) is 0.557. The Balaban J connectivity index is 0. The molecule has 1 aromatic heterocycles. The van der Waals surface area contributed by atoms with Crippen molar-refractivity contribution in [3.63, 3.8) is 0 Å². The number of aldehydes is 1. The molecule has 0 spiro atoms. The van der Waals surface area contributed by atoms with Crippen LogP contribution in [0.2, 0.25) is 0 Å². The molecule has 1 aliphatic rings. The van der Waals surface area contributed by atoms with Crippen molar-refractivity contribution in [3.8, 4) is 0 Å². The molecule has 2 heterocycles. The summed E-state index contributed by atoms with van der Waals surface area (Å²) in [5, 5.41) is 7.02. The molecule has 0 radical (unpaired) electrons. The van der Waals surface area contributed by atoms with Gasteiger partial charge in [-0.3, -0.25) is 10.1 Å². The summed E-state index contributed by atoms with van der Waals surface area (Å²) in [6.45, 7) is 28.0. The third-order valence-corrected chi connectivity index (χ3v) is 7.59. The summed E-state index contributed by atoms with van der Waals surface area (Å²) in [4.78, 5) is 16.0. The first kappa shape index (κ1) is 44.8. The lowest BCUT2D eigenvalue weighted by atomic mass is 10.0. The van der Waals surface area contributed by atoms with Crippen LogP contribution in [0, 0.1) is 6.92 Å². The van der Waals surface area contributed by atoms with Crippen LogP contribution in [-0.2, 0) is 4.79 Å². The fourth-order valence-electron chi connectivity index (χ4n) is 4.16. The predicted octanol–water partition coefficient (Wildman–Crippen LogP) is 11.9. The summed E-state index contributed by atoms with van der Waals surface area (Å²) in [5.41, 5.74) is 7.71. The number of hydrogen-bond donors (Lipinski definition) is 1. The zero-order chi connectivity index (χ0) is 35.5. The molecule has 1 saturated heterocycles. The lowest BCUT2D eigenvalue weighted by molar-refractivity contribution is -0.106. The maximum absolute atomic E-state index is 12.5. The zero-order valence-electron chi connectivity index (χ0n) is 31.6. The van der Waals surface area contributed by atoms with Gasteiger partial charge in [0, 0.05) is 42.7 Å². The van der Waals surface area contributed by atoms with E-state index in [1.54, 1.807) is 6.92 Å². The Bertz CT molecular complexity index is 1160. The van der Waals surface area contributed by atoms with E-state index in [0.717, 1.165) is 31.5 Å². The van der Waals surface area contributed by atoms with Crippen molar-refractivity contribution in [3.05, 3.63) is 76.3 Å². The number of rotatable bonds is 10. The van der Waals surface area contributed by atoms with Gasteiger partial charge in [-0.05, 0) is 96.1 Å². The van der Waals surface area contributed by atoms with Crippen molar-refractivity contribution in [1.29, 1.82) is 0 Å². The monoisotopic (exact) mass is 639 g/mol. The summed E-state index contributed by atoms with van der Waals surface area (Å²) in [7, 11) is 0. The fraction of sp³-hybridized carbons (Fsp3) is 0.575. The van der Waals surface area contributed by atoms with Gasteiger partial charge in [0.1, 0.15) is 12.0 Å². The van der Waals surface area contributed by atoms with E-state index in [-0.39, 0.29) is 0 Å². The topological polar surface area (TPSA) is 61.4 Å². The predicted molar refractivity (Wildman–Crippen MR) is 202 cm³/mol. The van der Waals surface area contributed by atoms with E-state index < -0.39 is 5.67 Å². The number of aromatic amines is 1. The minimum Gasteiger partial charge on any atom is -0.374 e. The first-order chi connectivity index (χ1) is 21.9. The Morgan fingerprint density at radius 3 is 2.15 bits per heavy atom. The molecule has 1 fully saturated rings. The maximum Gasteiger partial charge on any atom is 0.116 e. The molecule has 1 N–H and O–H groups in total. The van der Waals surface area contributed by atoms with E-state index >= 15 is 0 Å². The van der Waals surface area contributed by atoms with Gasteiger partial charge in [0.15, 0.2) is 0 Å². The van der Waals surface area contributed by atoms with Gasteiger partial charge in [-0.1, -0.05) is 91.2 Å². The van der Waals surface area contributed by atoms with Crippen molar-refractivity contribution in [2.24, 2.45) is 4.99 Å². The van der Waals surface area contributed by atoms with Crippen LogP contribution < -0.4 is 0 Å². The third-order valence-electron chi connectivity index (χ3n) is 7.59. The highest BCUT2D eigenvalue weighted by Crippen LogP contribution is 2.28. The molecule has 3 rings (SSSR count). The zero-order valence-corrected chi connectivity index (χ0v) is 31.6. The Morgan fingerprint density at radius 2 is 1.72 bits per heavy atom. The van der Waals surface area contributed by atoms with E-state index in [1.165, 1.54) is 59.7 Å². The van der Waals surface area contributed by atoms with Crippen LogP contribution in [-0.4, -0.2) is 46.4 Å². The lowest BCUT2D eigenvalue weighted by Crippen LogP contribution is -2.18. The minimum atomic E-state index is -0.917. The number of hydrogen-bond acceptors (Lipinski definition) is 4. The Kier molecular flexibility index (Phi) is 26.2. The van der Waals surface area contributed by atoms with Crippen molar-refractivity contribution in [1.82, 2.24) is 15.1 Å². The first-order valence-electron chi connectivity index (χ1n) is 17.4. The van der Waals surface area contributed by atoms with Crippen LogP contribution in [0.25, 0.3) is 11.8 Å². The first-order valence-corrected chi connectivity index (χ1v) is 17.4. The molecule has 1 aromatic carbocycles. The highest BCUT2D eigenvalue weighted by molar-refractivity contribution is 5.81. The Morgan fingerprint density at radius 1 is 1.11 bits per heavy atom. The Hall–Kier alpha value is -3.28. The molecule has 260 valence electrons. The van der Waals surface area contributed by atoms with E-state index in [4.69, 9.17) is 9.79 Å². The summed E-state index contributed by atoms with van der Waals surface area (Å²) >= 11 is 0. The highest BCUT2D eigenvalue weighted by atomic mass is 19.1. The number of benzene rings is 1. The number of H-pyrrole nitrogens is 1. The number of carbonyl (C=O) groups is 1. The SMILES string of the molecule is CC.CC/C=C(/N=C/C=C(\C)N1CCC(c2cn[nH]c2)C1)c1ccc(C=C(C)C)c(C)c1.CC=O.CCC(C)(F)CC.CCCC. The Labute approximate surface area is 282 Å². The van der Waals surface area contributed by atoms with Gasteiger partial charge in [0.05, 0.1) is 11.9 Å². The molecule has 1 unspecified atom stereocenters. The highest BCUT2D eigenvalue weighted by Gasteiger charge is 2.24. The molecule has 0 bridgehead atoms. The number of allylic oxidation sites excluding steroid dienone is 4. The van der Waals surface area contributed by atoms with Gasteiger partial charge in [-0.2, -0.15) is 5.10 Å². The molecule has 5 nitrogen and oxygen atoms in total. The van der Waals surface area contributed by atoms with Gasteiger partial charge in [0.25, 0.3) is 0 Å². The molecular formula is C40H67FN4O. The number of alkyl halides is 1. The van der Waals surface area contributed by atoms with Gasteiger partial charge in [0.2, 0.25) is 0 Å². The number of aliphatic imine (C=N–C) groups is 1. The number of likely N-dealkylation sites (tertiary alicyclic amines) is 1. The molecule has 2 aromatic rings. The molecule has 0 amide bonds. The van der Waals surface area contributed by atoms with Gasteiger partial charge in [-0.15, -0.1) is 0 Å². The van der Waals surface area contributed by atoms with Gasteiger partial charge in [-0.25, -0.2) is 4.39 Å². The molecule has 1 atom stereocenters. The molecule has 0 aliphatic carbocycles. The van der Waals surface area contributed by atoms with Gasteiger partial charge >= 0.3 is 0 Å².